The van der Waals surface area contributed by atoms with Crippen LogP contribution in [0.3, 0.4) is 0 Å². The average Bonchev–Trinajstić information content (AvgIpc) is 3.37. The molecule has 32 heavy (non-hydrogen) atoms. The highest BCUT2D eigenvalue weighted by atomic mass is 16.5. The van der Waals surface area contributed by atoms with E-state index in [0.717, 1.165) is 42.3 Å². The molecule has 1 amide bonds. The van der Waals surface area contributed by atoms with Crippen LogP contribution < -0.4 is 10.6 Å². The predicted octanol–water partition coefficient (Wildman–Crippen LogP) is 3.65. The molecule has 1 saturated carbocycles. The van der Waals surface area contributed by atoms with Crippen LogP contribution in [0.2, 0.25) is 0 Å². The average molecular weight is 439 g/mol. The fourth-order valence-corrected chi connectivity index (χ4v) is 5.62. The lowest BCUT2D eigenvalue weighted by molar-refractivity contribution is -0.114. The monoisotopic (exact) mass is 438 g/mol. The Morgan fingerprint density at radius 1 is 1.16 bits per heavy atom. The number of benzene rings is 1. The first-order valence-corrected chi connectivity index (χ1v) is 11.7. The summed E-state index contributed by atoms with van der Waals surface area (Å²) in [7, 11) is 0. The van der Waals surface area contributed by atoms with Crippen molar-refractivity contribution < 1.29 is 13.6 Å². The minimum absolute atomic E-state index is 0.413. The first-order chi connectivity index (χ1) is 16.8. The zero-order valence-electron chi connectivity index (χ0n) is 21.3. The standard InChI is InChI=1S/C25H33N5O2/c1-17(31)26-22-4-2-3-19(11-22)24-5-6-25(29-28-24)27-23-12-20-15-30(16-21(20)13-23)14-18-7-9-32-10-8-18/h2-6,11,18,20-21,23H,7-10,12-16H2,1H3,(H,26,31)(H,27,29)/t20-,21+,23?/i1D3. The van der Waals surface area contributed by atoms with Gasteiger partial charge < -0.3 is 20.3 Å². The molecule has 1 aromatic heterocycles. The van der Waals surface area contributed by atoms with Gasteiger partial charge in [0.05, 0.1) is 5.69 Å². The molecule has 2 saturated heterocycles. The SMILES string of the molecule is [2H]C([2H])([2H])C(=O)Nc1cccc(-c2ccc(NC3C[C@@H]4CN(CC5CCOCC5)C[C@@H]4C3)nn2)c1. The van der Waals surface area contributed by atoms with Crippen molar-refractivity contribution in [2.45, 2.75) is 38.6 Å². The lowest BCUT2D eigenvalue weighted by Crippen LogP contribution is -2.32. The van der Waals surface area contributed by atoms with Crippen LogP contribution in [0.5, 0.6) is 0 Å². The van der Waals surface area contributed by atoms with Crippen LogP contribution >= 0.6 is 0 Å². The summed E-state index contributed by atoms with van der Waals surface area (Å²) >= 11 is 0. The van der Waals surface area contributed by atoms with E-state index in [9.17, 15) is 4.79 Å². The van der Waals surface area contributed by atoms with Crippen molar-refractivity contribution in [1.82, 2.24) is 15.1 Å². The van der Waals surface area contributed by atoms with E-state index in [4.69, 9.17) is 8.85 Å². The van der Waals surface area contributed by atoms with Crippen LogP contribution in [0.25, 0.3) is 11.3 Å². The number of fused-ring (bicyclic) bond motifs is 1. The summed E-state index contributed by atoms with van der Waals surface area (Å²) in [6, 6.07) is 11.2. The maximum Gasteiger partial charge on any atom is 0.221 e. The molecule has 2 N–H and O–H groups in total. The van der Waals surface area contributed by atoms with E-state index in [-0.39, 0.29) is 0 Å². The molecule has 1 unspecified atom stereocenters. The highest BCUT2D eigenvalue weighted by Crippen LogP contribution is 2.39. The molecule has 0 radical (unpaired) electrons. The van der Waals surface area contributed by atoms with Crippen molar-refractivity contribution in [2.75, 3.05) is 43.5 Å². The van der Waals surface area contributed by atoms with Crippen molar-refractivity contribution in [1.29, 1.82) is 0 Å². The van der Waals surface area contributed by atoms with Gasteiger partial charge in [0.2, 0.25) is 5.91 Å². The van der Waals surface area contributed by atoms with Gasteiger partial charge >= 0.3 is 0 Å². The van der Waals surface area contributed by atoms with Gasteiger partial charge in [-0.3, -0.25) is 4.79 Å². The van der Waals surface area contributed by atoms with Gasteiger partial charge in [-0.25, -0.2) is 0 Å². The second-order valence-corrected chi connectivity index (χ2v) is 9.45. The molecule has 170 valence electrons. The Hall–Kier alpha value is -2.51. The van der Waals surface area contributed by atoms with Gasteiger partial charge in [0.25, 0.3) is 0 Å². The Morgan fingerprint density at radius 3 is 2.69 bits per heavy atom. The van der Waals surface area contributed by atoms with E-state index in [1.165, 1.54) is 45.3 Å². The third kappa shape index (κ3) is 5.10. The molecular weight excluding hydrogens is 402 g/mol. The van der Waals surface area contributed by atoms with E-state index < -0.39 is 12.8 Å². The maximum absolute atomic E-state index is 11.8. The third-order valence-corrected chi connectivity index (χ3v) is 7.12. The second-order valence-electron chi connectivity index (χ2n) is 9.45. The number of anilines is 2. The molecular formula is C25H33N5O2. The molecule has 3 aliphatic rings. The molecule has 3 heterocycles. The zero-order valence-corrected chi connectivity index (χ0v) is 18.3. The van der Waals surface area contributed by atoms with E-state index in [0.29, 0.717) is 17.4 Å². The Kier molecular flexibility index (Phi) is 5.36. The minimum atomic E-state index is -2.69. The molecule has 0 spiro atoms. The predicted molar refractivity (Wildman–Crippen MR) is 125 cm³/mol. The number of carbonyl (C=O) groups excluding carboxylic acids is 1. The smallest absolute Gasteiger partial charge is 0.221 e. The number of aromatic nitrogens is 2. The first-order valence-electron chi connectivity index (χ1n) is 13.2. The van der Waals surface area contributed by atoms with Gasteiger partial charge in [0, 0.05) is 61.1 Å². The van der Waals surface area contributed by atoms with Crippen LogP contribution in [0, 0.1) is 17.8 Å². The Morgan fingerprint density at radius 2 is 1.97 bits per heavy atom. The summed E-state index contributed by atoms with van der Waals surface area (Å²) in [5.74, 6) is 2.07. The number of nitrogens with zero attached hydrogens (tertiary/aromatic N) is 3. The van der Waals surface area contributed by atoms with Crippen LogP contribution in [-0.2, 0) is 9.53 Å². The van der Waals surface area contributed by atoms with Gasteiger partial charge in [-0.2, -0.15) is 0 Å². The summed E-state index contributed by atoms with van der Waals surface area (Å²) in [4.78, 5) is 14.4. The van der Waals surface area contributed by atoms with Gasteiger partial charge in [-0.1, -0.05) is 12.1 Å². The number of ether oxygens (including phenoxy) is 1. The van der Waals surface area contributed by atoms with E-state index in [1.807, 2.05) is 18.2 Å². The van der Waals surface area contributed by atoms with Crippen LogP contribution in [0.15, 0.2) is 36.4 Å². The van der Waals surface area contributed by atoms with Crippen LogP contribution in [0.1, 0.15) is 36.6 Å². The topological polar surface area (TPSA) is 79.4 Å². The molecule has 1 aliphatic carbocycles. The lowest BCUT2D eigenvalue weighted by Gasteiger charge is -2.27. The van der Waals surface area contributed by atoms with Gasteiger partial charge in [0.1, 0.15) is 5.82 Å². The quantitative estimate of drug-likeness (QED) is 0.717. The van der Waals surface area contributed by atoms with Crippen molar-refractivity contribution in [3.63, 3.8) is 0 Å². The molecule has 2 aliphatic heterocycles. The molecule has 2 aromatic rings. The fourth-order valence-electron chi connectivity index (χ4n) is 5.62. The number of likely N-dealkylation sites (tertiary alicyclic amines) is 1. The summed E-state index contributed by atoms with van der Waals surface area (Å²) in [6.07, 6.45) is 4.74. The third-order valence-electron chi connectivity index (χ3n) is 7.12. The van der Waals surface area contributed by atoms with Crippen molar-refractivity contribution >= 4 is 17.4 Å². The number of amides is 1. The molecule has 0 bridgehead atoms. The van der Waals surface area contributed by atoms with Crippen LogP contribution in [0.4, 0.5) is 11.5 Å². The van der Waals surface area contributed by atoms with E-state index >= 15 is 0 Å². The summed E-state index contributed by atoms with van der Waals surface area (Å²) in [5.41, 5.74) is 1.83. The van der Waals surface area contributed by atoms with Gasteiger partial charge in [-0.05, 0) is 67.7 Å². The van der Waals surface area contributed by atoms with E-state index in [1.54, 1.807) is 18.2 Å². The first kappa shape index (κ1) is 18.0. The van der Waals surface area contributed by atoms with Gasteiger partial charge in [-0.15, -0.1) is 10.2 Å². The number of hydrogen-bond acceptors (Lipinski definition) is 6. The molecule has 7 heteroatoms. The number of nitrogens with one attached hydrogen (secondary N) is 2. The van der Waals surface area contributed by atoms with E-state index in [2.05, 4.69) is 25.7 Å². The number of carbonyl (C=O) groups is 1. The van der Waals surface area contributed by atoms with Gasteiger partial charge in [0.15, 0.2) is 0 Å². The number of hydrogen-bond donors (Lipinski definition) is 2. The van der Waals surface area contributed by atoms with Crippen molar-refractivity contribution in [3.05, 3.63) is 36.4 Å². The summed E-state index contributed by atoms with van der Waals surface area (Å²) in [5, 5.41) is 14.7. The highest BCUT2D eigenvalue weighted by molar-refractivity contribution is 5.89. The number of rotatable bonds is 6. The molecule has 3 atom stereocenters. The van der Waals surface area contributed by atoms with Crippen LogP contribution in [-0.4, -0.2) is 59.9 Å². The fraction of sp³-hybridized carbons (Fsp3) is 0.560. The summed E-state index contributed by atoms with van der Waals surface area (Å²) in [6.45, 7) is 2.79. The normalized spacial score (nSPS) is 27.9. The molecule has 7 nitrogen and oxygen atoms in total. The molecule has 5 rings (SSSR count). The Labute approximate surface area is 194 Å². The Balaban J connectivity index is 1.13. The van der Waals surface area contributed by atoms with Crippen molar-refractivity contribution in [3.8, 4) is 11.3 Å². The highest BCUT2D eigenvalue weighted by Gasteiger charge is 2.41. The second kappa shape index (κ2) is 9.55. The summed E-state index contributed by atoms with van der Waals surface area (Å²) < 4.78 is 27.1. The lowest BCUT2D eigenvalue weighted by atomic mass is 10.00. The maximum atomic E-state index is 11.8. The molecule has 1 aromatic carbocycles. The Bertz CT molecular complexity index is 1010. The largest absolute Gasteiger partial charge is 0.381 e. The van der Waals surface area contributed by atoms with Crippen molar-refractivity contribution in [2.24, 2.45) is 17.8 Å². The zero-order chi connectivity index (χ0) is 24.4. The minimum Gasteiger partial charge on any atom is -0.381 e. The molecule has 3 fully saturated rings.